The first-order chi connectivity index (χ1) is 18.2. The highest BCUT2D eigenvalue weighted by atomic mass is 17.0. The standard InChI is InChI=1S/C26H49N7O5/c1-25(2)18-21(19-26(3,4)31-25)32(12-9-15-36-5)23-28-22(27-20-10-7-6-8-11-20)29-24(30-23)33(37-16-13-34)38-17-14-35/h20-21,31,34-35H,6-19H2,1-5H3,(H,27,28,29,30). The summed E-state index contributed by atoms with van der Waals surface area (Å²) >= 11 is 0. The Balaban J connectivity index is 2.01. The van der Waals surface area contributed by atoms with Crippen LogP contribution >= 0.6 is 0 Å². The second-order valence-corrected chi connectivity index (χ2v) is 11.6. The van der Waals surface area contributed by atoms with Crippen LogP contribution in [0.2, 0.25) is 0 Å². The molecule has 12 nitrogen and oxygen atoms in total. The first kappa shape index (κ1) is 30.7. The van der Waals surface area contributed by atoms with E-state index < -0.39 is 0 Å². The first-order valence-electron chi connectivity index (χ1n) is 14.0. The zero-order chi connectivity index (χ0) is 27.6. The lowest BCUT2D eigenvalue weighted by molar-refractivity contribution is -0.106. The van der Waals surface area contributed by atoms with Gasteiger partial charge in [0.05, 0.1) is 13.2 Å². The van der Waals surface area contributed by atoms with Crippen LogP contribution < -0.4 is 20.8 Å². The van der Waals surface area contributed by atoms with Crippen molar-refractivity contribution in [2.24, 2.45) is 0 Å². The van der Waals surface area contributed by atoms with Crippen LogP contribution in [0.1, 0.15) is 79.1 Å². The lowest BCUT2D eigenvalue weighted by atomic mass is 9.79. The molecule has 1 saturated carbocycles. The summed E-state index contributed by atoms with van der Waals surface area (Å²) in [4.78, 5) is 27.8. The summed E-state index contributed by atoms with van der Waals surface area (Å²) in [6.45, 7) is 9.85. The molecule has 218 valence electrons. The van der Waals surface area contributed by atoms with E-state index in [1.54, 1.807) is 7.11 Å². The van der Waals surface area contributed by atoms with Gasteiger partial charge in [-0.25, -0.2) is 9.68 Å². The van der Waals surface area contributed by atoms with Crippen LogP contribution in [0.3, 0.4) is 0 Å². The van der Waals surface area contributed by atoms with E-state index in [4.69, 9.17) is 24.4 Å². The Labute approximate surface area is 227 Å². The number of nitrogens with one attached hydrogen (secondary N) is 2. The summed E-state index contributed by atoms with van der Waals surface area (Å²) in [7, 11) is 1.71. The lowest BCUT2D eigenvalue weighted by Gasteiger charge is -2.49. The van der Waals surface area contributed by atoms with Crippen LogP contribution in [0.4, 0.5) is 17.8 Å². The Hall–Kier alpha value is -1.83. The highest BCUT2D eigenvalue weighted by Gasteiger charge is 2.41. The number of aliphatic hydroxyl groups excluding tert-OH is 2. The van der Waals surface area contributed by atoms with E-state index in [0.29, 0.717) is 25.0 Å². The van der Waals surface area contributed by atoms with E-state index in [-0.39, 0.29) is 55.5 Å². The monoisotopic (exact) mass is 539 g/mol. The maximum Gasteiger partial charge on any atom is 0.284 e. The Kier molecular flexibility index (Phi) is 11.7. The van der Waals surface area contributed by atoms with E-state index in [9.17, 15) is 10.2 Å². The van der Waals surface area contributed by atoms with Crippen LogP contribution in [0.5, 0.6) is 0 Å². The number of anilines is 3. The van der Waals surface area contributed by atoms with Crippen molar-refractivity contribution in [1.29, 1.82) is 0 Å². The molecule has 0 bridgehead atoms. The van der Waals surface area contributed by atoms with Gasteiger partial charge >= 0.3 is 0 Å². The second kappa shape index (κ2) is 14.5. The maximum atomic E-state index is 9.34. The van der Waals surface area contributed by atoms with Crippen molar-refractivity contribution in [3.63, 3.8) is 0 Å². The van der Waals surface area contributed by atoms with Crippen molar-refractivity contribution in [1.82, 2.24) is 20.3 Å². The fourth-order valence-corrected chi connectivity index (χ4v) is 5.77. The van der Waals surface area contributed by atoms with E-state index in [1.165, 1.54) is 19.3 Å². The number of aliphatic hydroxyl groups is 2. The molecule has 0 unspecified atom stereocenters. The van der Waals surface area contributed by atoms with Crippen molar-refractivity contribution in [3.8, 4) is 0 Å². The molecule has 0 radical (unpaired) electrons. The molecular formula is C26H49N7O5. The fourth-order valence-electron chi connectivity index (χ4n) is 5.77. The first-order valence-corrected chi connectivity index (χ1v) is 14.0. The van der Waals surface area contributed by atoms with Gasteiger partial charge in [0.15, 0.2) is 0 Å². The lowest BCUT2D eigenvalue weighted by Crippen LogP contribution is -2.62. The highest BCUT2D eigenvalue weighted by Crippen LogP contribution is 2.34. The van der Waals surface area contributed by atoms with Crippen molar-refractivity contribution in [2.45, 2.75) is 102 Å². The number of methoxy groups -OCH3 is 1. The van der Waals surface area contributed by atoms with E-state index in [0.717, 1.165) is 37.3 Å². The molecule has 4 N–H and O–H groups in total. The van der Waals surface area contributed by atoms with Crippen LogP contribution in [0.25, 0.3) is 0 Å². The van der Waals surface area contributed by atoms with E-state index in [1.807, 2.05) is 0 Å². The third-order valence-corrected chi connectivity index (χ3v) is 6.93. The third-order valence-electron chi connectivity index (χ3n) is 6.93. The predicted octanol–water partition coefficient (Wildman–Crippen LogP) is 2.42. The van der Waals surface area contributed by atoms with E-state index >= 15 is 0 Å². The molecule has 12 heteroatoms. The van der Waals surface area contributed by atoms with Gasteiger partial charge in [-0.3, -0.25) is 0 Å². The largest absolute Gasteiger partial charge is 0.394 e. The fraction of sp³-hybridized carbons (Fsp3) is 0.885. The minimum Gasteiger partial charge on any atom is -0.394 e. The van der Waals surface area contributed by atoms with Crippen molar-refractivity contribution < 1.29 is 24.6 Å². The summed E-state index contributed by atoms with van der Waals surface area (Å²) in [6.07, 6.45) is 8.39. The molecule has 0 spiro atoms. The highest BCUT2D eigenvalue weighted by molar-refractivity contribution is 5.45. The smallest absolute Gasteiger partial charge is 0.284 e. The molecule has 1 aromatic heterocycles. The molecule has 2 aliphatic rings. The normalized spacial score (nSPS) is 19.9. The topological polar surface area (TPSA) is 137 Å². The van der Waals surface area contributed by atoms with Gasteiger partial charge in [-0.05, 0) is 59.8 Å². The molecule has 1 aliphatic carbocycles. The van der Waals surface area contributed by atoms with Crippen LogP contribution in [0.15, 0.2) is 0 Å². The SMILES string of the molecule is COCCCN(c1nc(NC2CCCCC2)nc(N(OCCO)OCCO)n1)C1CC(C)(C)NC(C)(C)C1. The number of piperidine rings is 1. The van der Waals surface area contributed by atoms with Crippen LogP contribution in [-0.4, -0.2) is 95.0 Å². The Morgan fingerprint density at radius 3 is 2.08 bits per heavy atom. The Morgan fingerprint density at radius 1 is 0.895 bits per heavy atom. The molecular weight excluding hydrogens is 490 g/mol. The number of hydrogen-bond acceptors (Lipinski definition) is 12. The van der Waals surface area contributed by atoms with Gasteiger partial charge in [-0.2, -0.15) is 15.0 Å². The van der Waals surface area contributed by atoms with Crippen LogP contribution in [-0.2, 0) is 14.4 Å². The molecule has 1 aliphatic heterocycles. The molecule has 1 saturated heterocycles. The Bertz CT molecular complexity index is 814. The minimum atomic E-state index is -0.202. The van der Waals surface area contributed by atoms with E-state index in [2.05, 4.69) is 48.2 Å². The molecule has 3 rings (SSSR count). The summed E-state index contributed by atoms with van der Waals surface area (Å²) in [6, 6.07) is 0.469. The van der Waals surface area contributed by atoms with Gasteiger partial charge in [0.25, 0.3) is 5.95 Å². The molecule has 1 aromatic rings. The molecule has 0 aromatic carbocycles. The predicted molar refractivity (Wildman–Crippen MR) is 147 cm³/mol. The molecule has 0 amide bonds. The number of hydrogen-bond donors (Lipinski definition) is 4. The molecule has 2 heterocycles. The van der Waals surface area contributed by atoms with Gasteiger partial charge in [0, 0.05) is 43.4 Å². The number of nitrogens with zero attached hydrogens (tertiary/aromatic N) is 5. The third kappa shape index (κ3) is 9.42. The average Bonchev–Trinajstić information content (AvgIpc) is 2.85. The summed E-state index contributed by atoms with van der Waals surface area (Å²) in [5, 5.41) is 27.0. The molecule has 38 heavy (non-hydrogen) atoms. The number of rotatable bonds is 15. The summed E-state index contributed by atoms with van der Waals surface area (Å²) < 4.78 is 5.37. The number of ether oxygens (including phenoxy) is 1. The van der Waals surface area contributed by atoms with Crippen LogP contribution in [0, 0.1) is 0 Å². The van der Waals surface area contributed by atoms with Crippen molar-refractivity contribution >= 4 is 17.8 Å². The van der Waals surface area contributed by atoms with Gasteiger partial charge in [-0.1, -0.05) is 24.5 Å². The van der Waals surface area contributed by atoms with Gasteiger partial charge in [0.2, 0.25) is 11.9 Å². The van der Waals surface area contributed by atoms with Gasteiger partial charge < -0.3 is 30.5 Å². The maximum absolute atomic E-state index is 9.34. The van der Waals surface area contributed by atoms with Gasteiger partial charge in [0.1, 0.15) is 13.2 Å². The number of aromatic nitrogens is 3. The second-order valence-electron chi connectivity index (χ2n) is 11.6. The Morgan fingerprint density at radius 2 is 1.50 bits per heavy atom. The summed E-state index contributed by atoms with van der Waals surface area (Å²) in [5.74, 6) is 1.17. The minimum absolute atomic E-state index is 0.00788. The zero-order valence-electron chi connectivity index (χ0n) is 23.9. The molecule has 0 atom stereocenters. The van der Waals surface area contributed by atoms with Crippen molar-refractivity contribution in [3.05, 3.63) is 0 Å². The van der Waals surface area contributed by atoms with Crippen molar-refractivity contribution in [2.75, 3.05) is 62.1 Å². The zero-order valence-corrected chi connectivity index (χ0v) is 23.9. The van der Waals surface area contributed by atoms with Gasteiger partial charge in [-0.15, -0.1) is 0 Å². The summed E-state index contributed by atoms with van der Waals surface area (Å²) in [5.41, 5.74) is -0.128. The quantitative estimate of drug-likeness (QED) is 0.192. The molecule has 2 fully saturated rings. The average molecular weight is 540 g/mol.